The molecule has 0 saturated heterocycles. The largest absolute Gasteiger partial charge is 0.300 e. The van der Waals surface area contributed by atoms with E-state index in [0.717, 1.165) is 11.4 Å². The molecule has 0 bridgehead atoms. The summed E-state index contributed by atoms with van der Waals surface area (Å²) in [5, 5.41) is 0.746. The van der Waals surface area contributed by atoms with Crippen molar-refractivity contribution in [2.45, 2.75) is 40.5 Å². The van der Waals surface area contributed by atoms with Gasteiger partial charge in [-0.2, -0.15) is 0 Å². The van der Waals surface area contributed by atoms with Crippen LogP contribution in [0.25, 0.3) is 5.57 Å². The molecule has 1 aromatic carbocycles. The molecule has 0 saturated carbocycles. The first-order valence-electron chi connectivity index (χ1n) is 9.62. The first-order chi connectivity index (χ1) is 12.9. The lowest BCUT2D eigenvalue weighted by molar-refractivity contribution is -0.117. The summed E-state index contributed by atoms with van der Waals surface area (Å²) in [7, 11) is 0. The van der Waals surface area contributed by atoms with E-state index in [1.54, 1.807) is 6.92 Å². The van der Waals surface area contributed by atoms with E-state index in [1.807, 2.05) is 12.1 Å². The zero-order chi connectivity index (χ0) is 19.3. The zero-order valence-corrected chi connectivity index (χ0v) is 17.2. The van der Waals surface area contributed by atoms with Gasteiger partial charge in [-0.05, 0) is 74.1 Å². The van der Waals surface area contributed by atoms with Gasteiger partial charge in [0, 0.05) is 23.3 Å². The molecule has 0 fully saturated rings. The minimum atomic E-state index is 0.144. The summed E-state index contributed by atoms with van der Waals surface area (Å²) in [5.74, 6) is 0.713. The summed E-state index contributed by atoms with van der Waals surface area (Å²) >= 11 is 6.14. The van der Waals surface area contributed by atoms with Gasteiger partial charge in [-0.3, -0.25) is 4.79 Å². The standard InChI is InChI=1S/C25H25ClO/c1-14-5-10-21-19(12-16(3)27)13-22(18-6-8-20(26)9-7-18)25-17(4)15(2)11-23(25)24(14)21/h5-10,13,19,24H,11-12H2,1-4H3/t19-,24?/m1/s1. The Labute approximate surface area is 166 Å². The highest BCUT2D eigenvalue weighted by Gasteiger charge is 2.37. The maximum atomic E-state index is 12.0. The Morgan fingerprint density at radius 1 is 1.11 bits per heavy atom. The molecule has 0 N–H and O–H groups in total. The van der Waals surface area contributed by atoms with Crippen LogP contribution in [0.2, 0.25) is 5.02 Å². The van der Waals surface area contributed by atoms with Crippen molar-refractivity contribution in [1.29, 1.82) is 0 Å². The zero-order valence-electron chi connectivity index (χ0n) is 16.4. The van der Waals surface area contributed by atoms with Gasteiger partial charge in [-0.1, -0.05) is 58.7 Å². The predicted molar refractivity (Wildman–Crippen MR) is 114 cm³/mol. The molecule has 0 amide bonds. The molecule has 1 aromatic rings. The molecule has 0 aromatic heterocycles. The van der Waals surface area contributed by atoms with E-state index in [-0.39, 0.29) is 11.7 Å². The molecule has 4 rings (SSSR count). The van der Waals surface area contributed by atoms with E-state index in [0.29, 0.717) is 12.3 Å². The van der Waals surface area contributed by atoms with Gasteiger partial charge in [-0.15, -0.1) is 0 Å². The van der Waals surface area contributed by atoms with Crippen LogP contribution in [0.4, 0.5) is 0 Å². The number of hydrogen-bond acceptors (Lipinski definition) is 1. The number of rotatable bonds is 3. The van der Waals surface area contributed by atoms with E-state index in [4.69, 9.17) is 11.6 Å². The number of benzene rings is 1. The van der Waals surface area contributed by atoms with Crippen LogP contribution in [-0.4, -0.2) is 5.78 Å². The minimum absolute atomic E-state index is 0.144. The van der Waals surface area contributed by atoms with Gasteiger partial charge in [-0.25, -0.2) is 0 Å². The van der Waals surface area contributed by atoms with Crippen LogP contribution in [0.15, 0.2) is 75.9 Å². The lowest BCUT2D eigenvalue weighted by Gasteiger charge is -2.23. The summed E-state index contributed by atoms with van der Waals surface area (Å²) in [4.78, 5) is 12.0. The molecule has 2 heteroatoms. The molecular formula is C25H25ClO. The van der Waals surface area contributed by atoms with Crippen LogP contribution >= 0.6 is 11.6 Å². The molecule has 1 unspecified atom stereocenters. The maximum Gasteiger partial charge on any atom is 0.130 e. The Kier molecular flexibility index (Phi) is 4.60. The number of Topliss-reactive ketones (excluding diaryl/α,β-unsaturated/α-hetero) is 1. The van der Waals surface area contributed by atoms with Crippen LogP contribution in [-0.2, 0) is 4.79 Å². The number of hydrogen-bond donors (Lipinski definition) is 0. The van der Waals surface area contributed by atoms with Gasteiger partial charge in [0.2, 0.25) is 0 Å². The lowest BCUT2D eigenvalue weighted by atomic mass is 9.80. The van der Waals surface area contributed by atoms with Crippen LogP contribution in [0, 0.1) is 11.8 Å². The average Bonchev–Trinajstić information content (AvgIpc) is 3.08. The molecular weight excluding hydrogens is 352 g/mol. The molecule has 138 valence electrons. The molecule has 3 aliphatic rings. The van der Waals surface area contributed by atoms with E-state index >= 15 is 0 Å². The van der Waals surface area contributed by atoms with Crippen LogP contribution in [0.3, 0.4) is 0 Å². The average molecular weight is 377 g/mol. The number of allylic oxidation sites excluding steroid dienone is 10. The van der Waals surface area contributed by atoms with E-state index in [2.05, 4.69) is 51.1 Å². The number of fused-ring (bicyclic) bond motifs is 2. The van der Waals surface area contributed by atoms with Gasteiger partial charge in [0.25, 0.3) is 0 Å². The summed E-state index contributed by atoms with van der Waals surface area (Å²) in [6.45, 7) is 8.40. The fourth-order valence-corrected chi connectivity index (χ4v) is 4.94. The SMILES string of the molecule is CC(=O)C[C@@H]1C=C(c2ccc(Cl)cc2)C2=C(CC(C)=C2C)C2C(C)=CC=C21. The Balaban J connectivity index is 1.95. The molecule has 0 spiro atoms. The summed E-state index contributed by atoms with van der Waals surface area (Å²) in [6.07, 6.45) is 8.40. The highest BCUT2D eigenvalue weighted by atomic mass is 35.5. The van der Waals surface area contributed by atoms with E-state index in [9.17, 15) is 4.79 Å². The fourth-order valence-electron chi connectivity index (χ4n) is 4.82. The number of carbonyl (C=O) groups excluding carboxylic acids is 1. The van der Waals surface area contributed by atoms with Crippen molar-refractivity contribution < 1.29 is 4.79 Å². The predicted octanol–water partition coefficient (Wildman–Crippen LogP) is 6.87. The second-order valence-corrected chi connectivity index (χ2v) is 8.53. The molecule has 0 aliphatic heterocycles. The summed E-state index contributed by atoms with van der Waals surface area (Å²) in [5.41, 5.74) is 10.9. The quantitative estimate of drug-likeness (QED) is 0.562. The first-order valence-corrected chi connectivity index (χ1v) is 10.00. The van der Waals surface area contributed by atoms with Crippen LogP contribution in [0.5, 0.6) is 0 Å². The Bertz CT molecular complexity index is 980. The molecule has 0 heterocycles. The maximum absolute atomic E-state index is 12.0. The Morgan fingerprint density at radius 2 is 1.81 bits per heavy atom. The van der Waals surface area contributed by atoms with Crippen molar-refractivity contribution in [2.24, 2.45) is 11.8 Å². The van der Waals surface area contributed by atoms with Crippen molar-refractivity contribution in [2.75, 3.05) is 0 Å². The third-order valence-corrected chi connectivity index (χ3v) is 6.45. The fraction of sp³-hybridized carbons (Fsp3) is 0.320. The number of halogens is 1. The van der Waals surface area contributed by atoms with Gasteiger partial charge in [0.1, 0.15) is 5.78 Å². The monoisotopic (exact) mass is 376 g/mol. The second-order valence-electron chi connectivity index (χ2n) is 8.09. The van der Waals surface area contributed by atoms with Crippen molar-refractivity contribution in [1.82, 2.24) is 0 Å². The van der Waals surface area contributed by atoms with Gasteiger partial charge in [0.05, 0.1) is 0 Å². The number of carbonyl (C=O) groups is 1. The van der Waals surface area contributed by atoms with Crippen LogP contribution in [0.1, 0.15) is 46.1 Å². The summed E-state index contributed by atoms with van der Waals surface area (Å²) in [6, 6.07) is 8.11. The van der Waals surface area contributed by atoms with Gasteiger partial charge < -0.3 is 0 Å². The molecule has 0 radical (unpaired) electrons. The minimum Gasteiger partial charge on any atom is -0.300 e. The third kappa shape index (κ3) is 3.08. The normalized spacial score (nSPS) is 24.3. The van der Waals surface area contributed by atoms with Crippen molar-refractivity contribution in [3.63, 3.8) is 0 Å². The summed E-state index contributed by atoms with van der Waals surface area (Å²) < 4.78 is 0. The Morgan fingerprint density at radius 3 is 2.48 bits per heavy atom. The van der Waals surface area contributed by atoms with Crippen molar-refractivity contribution in [3.8, 4) is 0 Å². The smallest absolute Gasteiger partial charge is 0.130 e. The highest BCUT2D eigenvalue weighted by Crippen LogP contribution is 2.52. The third-order valence-electron chi connectivity index (χ3n) is 6.20. The molecule has 1 nitrogen and oxygen atoms in total. The van der Waals surface area contributed by atoms with Crippen molar-refractivity contribution in [3.05, 3.63) is 86.5 Å². The van der Waals surface area contributed by atoms with Gasteiger partial charge >= 0.3 is 0 Å². The Hall–Kier alpha value is -2.12. The lowest BCUT2D eigenvalue weighted by Crippen LogP contribution is -2.14. The van der Waals surface area contributed by atoms with Crippen LogP contribution < -0.4 is 0 Å². The molecule has 27 heavy (non-hydrogen) atoms. The second kappa shape index (κ2) is 6.80. The van der Waals surface area contributed by atoms with Gasteiger partial charge in [0.15, 0.2) is 0 Å². The molecule has 2 atom stereocenters. The molecule has 3 aliphatic carbocycles. The highest BCUT2D eigenvalue weighted by molar-refractivity contribution is 6.30. The topological polar surface area (TPSA) is 17.1 Å². The van der Waals surface area contributed by atoms with E-state index < -0.39 is 0 Å². The van der Waals surface area contributed by atoms with Crippen molar-refractivity contribution >= 4 is 23.0 Å². The number of ketones is 1. The van der Waals surface area contributed by atoms with E-state index in [1.165, 1.54) is 44.6 Å². The first kappa shape index (κ1) is 18.3.